The van der Waals surface area contributed by atoms with Crippen molar-refractivity contribution >= 4 is 10.0 Å². The fraction of sp³-hybridized carbons (Fsp3) is 0.500. The second-order valence-electron chi connectivity index (χ2n) is 8.50. The van der Waals surface area contributed by atoms with Crippen LogP contribution in [0.1, 0.15) is 31.2 Å². The van der Waals surface area contributed by atoms with Crippen molar-refractivity contribution in [1.29, 1.82) is 0 Å². The lowest BCUT2D eigenvalue weighted by molar-refractivity contribution is 0.0190. The first-order valence-electron chi connectivity index (χ1n) is 10.9. The molecule has 0 spiro atoms. The molecule has 2 aromatic carbocycles. The van der Waals surface area contributed by atoms with Crippen LogP contribution in [0.25, 0.3) is 11.1 Å². The number of aryl methyl sites for hydroxylation is 1. The van der Waals surface area contributed by atoms with Gasteiger partial charge in [0, 0.05) is 39.3 Å². The molecule has 2 fully saturated rings. The molecule has 0 atom stereocenters. The van der Waals surface area contributed by atoms with Gasteiger partial charge in [0.1, 0.15) is 0 Å². The Labute approximate surface area is 180 Å². The van der Waals surface area contributed by atoms with E-state index in [1.54, 1.807) is 23.5 Å². The van der Waals surface area contributed by atoms with Crippen molar-refractivity contribution in [2.75, 3.05) is 33.3 Å². The third-order valence-corrected chi connectivity index (χ3v) is 8.54. The highest BCUT2D eigenvalue weighted by Crippen LogP contribution is 2.27. The van der Waals surface area contributed by atoms with Gasteiger partial charge in [-0.05, 0) is 55.9 Å². The first-order chi connectivity index (χ1) is 14.5. The summed E-state index contributed by atoms with van der Waals surface area (Å²) in [4.78, 5) is 2.91. The Hall–Kier alpha value is -1.73. The van der Waals surface area contributed by atoms with Crippen molar-refractivity contribution in [3.8, 4) is 11.1 Å². The first-order valence-corrected chi connectivity index (χ1v) is 12.4. The van der Waals surface area contributed by atoms with Crippen molar-refractivity contribution in [3.05, 3.63) is 54.1 Å². The zero-order chi connectivity index (χ0) is 21.1. The van der Waals surface area contributed by atoms with Gasteiger partial charge < -0.3 is 9.64 Å². The summed E-state index contributed by atoms with van der Waals surface area (Å²) in [6, 6.07) is 16.1. The third-order valence-electron chi connectivity index (χ3n) is 6.63. The number of hydrogen-bond donors (Lipinski definition) is 0. The van der Waals surface area contributed by atoms with Crippen LogP contribution in [0, 0.1) is 6.92 Å². The molecule has 6 heteroatoms. The van der Waals surface area contributed by atoms with Gasteiger partial charge in [0.25, 0.3) is 0 Å². The largest absolute Gasteiger partial charge is 0.381 e. The second kappa shape index (κ2) is 9.18. The van der Waals surface area contributed by atoms with E-state index in [-0.39, 0.29) is 0 Å². The predicted octanol–water partition coefficient (Wildman–Crippen LogP) is 3.93. The molecular weight excluding hydrogens is 396 g/mol. The predicted molar refractivity (Wildman–Crippen MR) is 120 cm³/mol. The van der Waals surface area contributed by atoms with Crippen LogP contribution >= 0.6 is 0 Å². The summed E-state index contributed by atoms with van der Waals surface area (Å²) in [5.74, 6) is 0. The van der Waals surface area contributed by atoms with Crippen LogP contribution in [-0.2, 0) is 14.8 Å². The minimum atomic E-state index is -3.44. The maximum atomic E-state index is 13.1. The molecular formula is C24H32N2O3S. The summed E-state index contributed by atoms with van der Waals surface area (Å²) in [7, 11) is -1.65. The monoisotopic (exact) mass is 428 g/mol. The molecule has 0 radical (unpaired) electrons. The first kappa shape index (κ1) is 21.5. The maximum absolute atomic E-state index is 13.1. The molecule has 2 aliphatic heterocycles. The van der Waals surface area contributed by atoms with Gasteiger partial charge in [0.2, 0.25) is 10.0 Å². The van der Waals surface area contributed by atoms with Crippen LogP contribution in [0.15, 0.2) is 53.4 Å². The smallest absolute Gasteiger partial charge is 0.243 e. The second-order valence-corrected chi connectivity index (χ2v) is 10.4. The lowest BCUT2D eigenvalue weighted by atomic mass is 10.00. The van der Waals surface area contributed by atoms with Gasteiger partial charge in [-0.25, -0.2) is 8.42 Å². The summed E-state index contributed by atoms with van der Waals surface area (Å²) in [6.07, 6.45) is 4.33. The average molecular weight is 429 g/mol. The Morgan fingerprint density at radius 2 is 1.33 bits per heavy atom. The van der Waals surface area contributed by atoms with Gasteiger partial charge in [-0.1, -0.05) is 42.0 Å². The summed E-state index contributed by atoms with van der Waals surface area (Å²) < 4.78 is 33.4. The van der Waals surface area contributed by atoms with E-state index in [2.05, 4.69) is 36.1 Å². The Balaban J connectivity index is 1.38. The summed E-state index contributed by atoms with van der Waals surface area (Å²) in [5.41, 5.74) is 3.35. The molecule has 162 valence electrons. The van der Waals surface area contributed by atoms with Gasteiger partial charge in [0.05, 0.1) is 11.0 Å². The Morgan fingerprint density at radius 3 is 1.87 bits per heavy atom. The molecule has 0 N–H and O–H groups in total. The molecule has 0 aliphatic carbocycles. The van der Waals surface area contributed by atoms with Crippen LogP contribution in [0.5, 0.6) is 0 Å². The van der Waals surface area contributed by atoms with E-state index in [0.29, 0.717) is 30.1 Å². The zero-order valence-corrected chi connectivity index (χ0v) is 18.8. The van der Waals surface area contributed by atoms with Gasteiger partial charge in [0.15, 0.2) is 0 Å². The van der Waals surface area contributed by atoms with Gasteiger partial charge >= 0.3 is 0 Å². The molecule has 0 unspecified atom stereocenters. The summed E-state index contributed by atoms with van der Waals surface area (Å²) in [6.45, 7) is 5.35. The van der Waals surface area contributed by atoms with Crippen molar-refractivity contribution in [3.63, 3.8) is 0 Å². The lowest BCUT2D eigenvalue weighted by Gasteiger charge is -2.41. The van der Waals surface area contributed by atoms with Crippen LogP contribution < -0.4 is 0 Å². The Morgan fingerprint density at radius 1 is 0.800 bits per heavy atom. The van der Waals surface area contributed by atoms with E-state index in [0.717, 1.165) is 49.9 Å². The van der Waals surface area contributed by atoms with E-state index in [1.807, 2.05) is 12.1 Å². The molecule has 2 saturated heterocycles. The third kappa shape index (κ3) is 4.62. The maximum Gasteiger partial charge on any atom is 0.243 e. The number of piperidine rings is 2. The Bertz CT molecular complexity index is 925. The molecule has 0 aromatic heterocycles. The zero-order valence-electron chi connectivity index (χ0n) is 18.0. The van der Waals surface area contributed by atoms with Crippen LogP contribution in [0.4, 0.5) is 0 Å². The van der Waals surface area contributed by atoms with E-state index in [4.69, 9.17) is 4.74 Å². The lowest BCUT2D eigenvalue weighted by Crippen LogP contribution is -2.49. The number of likely N-dealkylation sites (tertiary alicyclic amines) is 1. The van der Waals surface area contributed by atoms with Gasteiger partial charge in [-0.15, -0.1) is 0 Å². The Kier molecular flexibility index (Phi) is 6.58. The molecule has 0 amide bonds. The molecule has 0 bridgehead atoms. The average Bonchev–Trinajstić information content (AvgIpc) is 2.80. The molecule has 2 heterocycles. The molecule has 2 aliphatic rings. The SMILES string of the molecule is COC1CCN(C2CCN(S(=O)(=O)c3ccc(-c4ccc(C)cc4)cc3)CC2)CC1. The standard InChI is InChI=1S/C24H32N2O3S/c1-19-3-5-20(6-4-19)21-7-9-24(10-8-21)30(27,28)26-17-11-22(12-18-26)25-15-13-23(29-2)14-16-25/h3-10,22-23H,11-18H2,1-2H3. The summed E-state index contributed by atoms with van der Waals surface area (Å²) >= 11 is 0. The van der Waals surface area contributed by atoms with Crippen molar-refractivity contribution in [2.45, 2.75) is 49.6 Å². The van der Waals surface area contributed by atoms with Crippen molar-refractivity contribution in [2.24, 2.45) is 0 Å². The van der Waals surface area contributed by atoms with Crippen LogP contribution in [0.3, 0.4) is 0 Å². The molecule has 4 rings (SSSR count). The molecule has 30 heavy (non-hydrogen) atoms. The minimum absolute atomic E-state index is 0.379. The van der Waals surface area contributed by atoms with E-state index < -0.39 is 10.0 Å². The number of sulfonamides is 1. The van der Waals surface area contributed by atoms with E-state index >= 15 is 0 Å². The fourth-order valence-corrected chi connectivity index (χ4v) is 6.11. The summed E-state index contributed by atoms with van der Waals surface area (Å²) in [5, 5.41) is 0. The van der Waals surface area contributed by atoms with Gasteiger partial charge in [-0.2, -0.15) is 4.31 Å². The van der Waals surface area contributed by atoms with Crippen molar-refractivity contribution < 1.29 is 13.2 Å². The van der Waals surface area contributed by atoms with Crippen LogP contribution in [-0.4, -0.2) is 63.1 Å². The number of rotatable bonds is 5. The number of benzene rings is 2. The molecule has 5 nitrogen and oxygen atoms in total. The van der Waals surface area contributed by atoms with E-state index in [9.17, 15) is 8.42 Å². The minimum Gasteiger partial charge on any atom is -0.381 e. The fourth-order valence-electron chi connectivity index (χ4n) is 4.64. The normalized spacial score (nSPS) is 20.5. The highest BCUT2D eigenvalue weighted by molar-refractivity contribution is 7.89. The van der Waals surface area contributed by atoms with Crippen molar-refractivity contribution in [1.82, 2.24) is 9.21 Å². The topological polar surface area (TPSA) is 49.9 Å². The van der Waals surface area contributed by atoms with Crippen LogP contribution in [0.2, 0.25) is 0 Å². The van der Waals surface area contributed by atoms with E-state index in [1.165, 1.54) is 5.56 Å². The highest BCUT2D eigenvalue weighted by atomic mass is 32.2. The molecule has 0 saturated carbocycles. The number of hydrogen-bond acceptors (Lipinski definition) is 4. The number of ether oxygens (including phenoxy) is 1. The van der Waals surface area contributed by atoms with Gasteiger partial charge in [-0.3, -0.25) is 0 Å². The number of nitrogens with zero attached hydrogens (tertiary/aromatic N) is 2. The number of methoxy groups -OCH3 is 1. The quantitative estimate of drug-likeness (QED) is 0.724. The molecule has 2 aromatic rings. The highest BCUT2D eigenvalue weighted by Gasteiger charge is 2.33.